The molecule has 0 spiro atoms. The predicted molar refractivity (Wildman–Crippen MR) is 64.8 cm³/mol. The number of aliphatic hydroxyl groups excluding tert-OH is 2. The average molecular weight is 290 g/mol. The summed E-state index contributed by atoms with van der Waals surface area (Å²) in [6.07, 6.45) is -3.44. The van der Waals surface area contributed by atoms with E-state index in [1.54, 1.807) is 0 Å². The molecule has 2 heterocycles. The highest BCUT2D eigenvalue weighted by Crippen LogP contribution is 2.19. The fraction of sp³-hybridized carbons (Fsp3) is 0.727. The Hall–Kier alpha value is -1.71. The van der Waals surface area contributed by atoms with Gasteiger partial charge in [-0.1, -0.05) is 0 Å². The molecule has 2 fully saturated rings. The summed E-state index contributed by atoms with van der Waals surface area (Å²) in [5, 5.41) is 38.7. The van der Waals surface area contributed by atoms with Crippen LogP contribution in [0.3, 0.4) is 0 Å². The topological polar surface area (TPSA) is 156 Å². The maximum absolute atomic E-state index is 11.1. The van der Waals surface area contributed by atoms with Crippen molar-refractivity contribution < 1.29 is 34.8 Å². The minimum atomic E-state index is -2.27. The Labute approximate surface area is 114 Å². The van der Waals surface area contributed by atoms with E-state index in [0.29, 0.717) is 5.92 Å². The number of carbonyl (C=O) groups excluding carboxylic acids is 1. The molecule has 9 nitrogen and oxygen atoms in total. The summed E-state index contributed by atoms with van der Waals surface area (Å²) >= 11 is 0. The molecule has 1 amide bonds. The summed E-state index contributed by atoms with van der Waals surface area (Å²) < 4.78 is 0. The van der Waals surface area contributed by atoms with Crippen molar-refractivity contribution in [1.82, 2.24) is 10.6 Å². The lowest BCUT2D eigenvalue weighted by molar-refractivity contribution is -0.165. The molecular formula is C11H18N2O7. The minimum absolute atomic E-state index is 0.239. The first kappa shape index (κ1) is 16.3. The van der Waals surface area contributed by atoms with E-state index in [1.165, 1.54) is 0 Å². The standard InChI is InChI=1S/C7H12N2O.C4H6O6/c10-7-6-1-5(3-9-7)2-8-4-6;5-1(3(7)8)2(6)4(9)10/h5-6,8H,1-4H2,(H,9,10);1-2,5-6H,(H,7,8)(H,9,10)/t5-,6+;1-,2-/m01/s1. The first-order valence-corrected chi connectivity index (χ1v) is 6.13. The Balaban J connectivity index is 0.000000200. The van der Waals surface area contributed by atoms with Gasteiger partial charge in [-0.3, -0.25) is 4.79 Å². The molecule has 2 aliphatic heterocycles. The normalized spacial score (nSPS) is 27.4. The predicted octanol–water partition coefficient (Wildman–Crippen LogP) is -2.78. The molecule has 0 radical (unpaired) electrons. The lowest BCUT2D eigenvalue weighted by Gasteiger charge is -2.34. The van der Waals surface area contributed by atoms with E-state index < -0.39 is 24.1 Å². The lowest BCUT2D eigenvalue weighted by Crippen LogP contribution is -2.52. The molecule has 2 rings (SSSR count). The van der Waals surface area contributed by atoms with Gasteiger partial charge < -0.3 is 31.1 Å². The summed E-state index contributed by atoms with van der Waals surface area (Å²) in [5.41, 5.74) is 0. The minimum Gasteiger partial charge on any atom is -0.479 e. The van der Waals surface area contributed by atoms with E-state index in [-0.39, 0.29) is 11.8 Å². The molecule has 0 aromatic heterocycles. The van der Waals surface area contributed by atoms with Gasteiger partial charge in [0.05, 0.1) is 5.92 Å². The van der Waals surface area contributed by atoms with E-state index in [2.05, 4.69) is 10.6 Å². The summed E-state index contributed by atoms with van der Waals surface area (Å²) in [6, 6.07) is 0. The van der Waals surface area contributed by atoms with Crippen molar-refractivity contribution in [3.63, 3.8) is 0 Å². The molecule has 2 aliphatic rings. The van der Waals surface area contributed by atoms with Crippen LogP contribution in [0.1, 0.15) is 6.42 Å². The van der Waals surface area contributed by atoms with Gasteiger partial charge in [0.1, 0.15) is 0 Å². The van der Waals surface area contributed by atoms with Gasteiger partial charge in [-0.15, -0.1) is 0 Å². The second-order valence-electron chi connectivity index (χ2n) is 4.77. The second-order valence-corrected chi connectivity index (χ2v) is 4.77. The van der Waals surface area contributed by atoms with E-state index in [9.17, 15) is 14.4 Å². The summed E-state index contributed by atoms with van der Waals surface area (Å²) in [6.45, 7) is 2.83. The van der Waals surface area contributed by atoms with Gasteiger partial charge in [-0.05, 0) is 18.9 Å². The van der Waals surface area contributed by atoms with E-state index >= 15 is 0 Å². The van der Waals surface area contributed by atoms with Crippen LogP contribution in [0.25, 0.3) is 0 Å². The van der Waals surface area contributed by atoms with E-state index in [4.69, 9.17) is 20.4 Å². The Morgan fingerprint density at radius 3 is 2.05 bits per heavy atom. The van der Waals surface area contributed by atoms with Crippen LogP contribution < -0.4 is 10.6 Å². The van der Waals surface area contributed by atoms with Crippen LogP contribution in [-0.4, -0.2) is 70.1 Å². The van der Waals surface area contributed by atoms with Crippen LogP contribution in [0, 0.1) is 11.8 Å². The molecule has 114 valence electrons. The molecule has 4 atom stereocenters. The number of fused-ring (bicyclic) bond motifs is 2. The number of amides is 1. The maximum atomic E-state index is 11.1. The van der Waals surface area contributed by atoms with Crippen molar-refractivity contribution in [3.05, 3.63) is 0 Å². The van der Waals surface area contributed by atoms with Crippen molar-refractivity contribution in [2.75, 3.05) is 19.6 Å². The first-order chi connectivity index (χ1) is 9.32. The Kier molecular flexibility index (Phi) is 5.86. The van der Waals surface area contributed by atoms with Crippen LogP contribution in [0.15, 0.2) is 0 Å². The molecule has 0 aliphatic carbocycles. The van der Waals surface area contributed by atoms with Gasteiger partial charge in [-0.2, -0.15) is 0 Å². The van der Waals surface area contributed by atoms with Gasteiger partial charge in [0.2, 0.25) is 5.91 Å². The lowest BCUT2D eigenvalue weighted by atomic mass is 9.86. The maximum Gasteiger partial charge on any atom is 0.335 e. The third kappa shape index (κ3) is 4.44. The van der Waals surface area contributed by atoms with Gasteiger partial charge in [-0.25, -0.2) is 9.59 Å². The van der Waals surface area contributed by atoms with E-state index in [0.717, 1.165) is 26.1 Å². The summed E-state index contributed by atoms with van der Waals surface area (Å²) in [7, 11) is 0. The average Bonchev–Trinajstić information content (AvgIpc) is 2.42. The first-order valence-electron chi connectivity index (χ1n) is 6.13. The van der Waals surface area contributed by atoms with Crippen molar-refractivity contribution in [2.45, 2.75) is 18.6 Å². The molecule has 0 unspecified atom stereocenters. The van der Waals surface area contributed by atoms with Crippen molar-refractivity contribution >= 4 is 17.8 Å². The van der Waals surface area contributed by atoms with Gasteiger partial charge in [0.15, 0.2) is 12.2 Å². The number of carbonyl (C=O) groups is 3. The largest absolute Gasteiger partial charge is 0.479 e. The monoisotopic (exact) mass is 290 g/mol. The van der Waals surface area contributed by atoms with Crippen molar-refractivity contribution in [2.24, 2.45) is 11.8 Å². The van der Waals surface area contributed by atoms with Crippen LogP contribution in [0.5, 0.6) is 0 Å². The molecule has 0 saturated carbocycles. The number of aliphatic carboxylic acids is 2. The fourth-order valence-electron chi connectivity index (χ4n) is 2.05. The van der Waals surface area contributed by atoms with Crippen LogP contribution >= 0.6 is 0 Å². The third-order valence-electron chi connectivity index (χ3n) is 3.18. The number of rotatable bonds is 3. The van der Waals surface area contributed by atoms with Gasteiger partial charge >= 0.3 is 11.9 Å². The zero-order chi connectivity index (χ0) is 15.3. The summed E-state index contributed by atoms with van der Waals surface area (Å²) in [5.74, 6) is -2.35. The molecule has 9 heteroatoms. The SMILES string of the molecule is O=C(O)[C@H](O)[C@@H](O)C(=O)O.O=C1NC[C@@H]2CNC[C@H]1C2. The van der Waals surface area contributed by atoms with E-state index in [1.807, 2.05) is 0 Å². The molecule has 20 heavy (non-hydrogen) atoms. The van der Waals surface area contributed by atoms with Gasteiger partial charge in [0.25, 0.3) is 0 Å². The summed E-state index contributed by atoms with van der Waals surface area (Å²) in [4.78, 5) is 30.6. The molecule has 0 aromatic rings. The van der Waals surface area contributed by atoms with Gasteiger partial charge in [0, 0.05) is 13.1 Å². The van der Waals surface area contributed by atoms with Crippen LogP contribution in [0.2, 0.25) is 0 Å². The molecule has 2 saturated heterocycles. The number of carboxylic acid groups (broad SMARTS) is 2. The second kappa shape index (κ2) is 7.17. The highest BCUT2D eigenvalue weighted by molar-refractivity contribution is 5.83. The molecular weight excluding hydrogens is 272 g/mol. The number of piperidine rings is 2. The Morgan fingerprint density at radius 1 is 1.05 bits per heavy atom. The zero-order valence-corrected chi connectivity index (χ0v) is 10.7. The van der Waals surface area contributed by atoms with Crippen molar-refractivity contribution in [1.29, 1.82) is 0 Å². The third-order valence-corrected chi connectivity index (χ3v) is 3.18. The Bertz CT molecular complexity index is 369. The molecule has 6 N–H and O–H groups in total. The van der Waals surface area contributed by atoms with Crippen LogP contribution in [0.4, 0.5) is 0 Å². The number of nitrogens with one attached hydrogen (secondary N) is 2. The zero-order valence-electron chi connectivity index (χ0n) is 10.7. The number of hydrogen-bond acceptors (Lipinski definition) is 6. The highest BCUT2D eigenvalue weighted by atomic mass is 16.4. The highest BCUT2D eigenvalue weighted by Gasteiger charge is 2.31. The molecule has 2 bridgehead atoms. The number of hydrogen-bond donors (Lipinski definition) is 6. The smallest absolute Gasteiger partial charge is 0.335 e. The quantitative estimate of drug-likeness (QED) is 0.326. The van der Waals surface area contributed by atoms with Crippen molar-refractivity contribution in [3.8, 4) is 0 Å². The number of aliphatic hydroxyl groups is 2. The van der Waals surface area contributed by atoms with Crippen LogP contribution in [-0.2, 0) is 14.4 Å². The Morgan fingerprint density at radius 2 is 1.60 bits per heavy atom. The fourth-order valence-corrected chi connectivity index (χ4v) is 2.05. The number of carboxylic acids is 2. The molecule has 0 aromatic carbocycles.